The van der Waals surface area contributed by atoms with E-state index in [2.05, 4.69) is 25.8 Å². The van der Waals surface area contributed by atoms with Crippen molar-refractivity contribution in [1.29, 1.82) is 0 Å². The molecule has 9 heteroatoms. The summed E-state index contributed by atoms with van der Waals surface area (Å²) in [6.07, 6.45) is 7.35. The van der Waals surface area contributed by atoms with Crippen LogP contribution in [-0.4, -0.2) is 59.8 Å². The van der Waals surface area contributed by atoms with E-state index in [-0.39, 0.29) is 23.8 Å². The van der Waals surface area contributed by atoms with E-state index in [1.54, 1.807) is 31.3 Å². The smallest absolute Gasteiger partial charge is 0.251 e. The molecule has 5 N–H and O–H groups in total. The molecule has 3 aliphatic rings. The number of fused-ring (bicyclic) bond motifs is 2. The van der Waals surface area contributed by atoms with Crippen LogP contribution in [0.1, 0.15) is 76.5 Å². The van der Waals surface area contributed by atoms with Crippen molar-refractivity contribution in [3.8, 4) is 0 Å². The van der Waals surface area contributed by atoms with Crippen LogP contribution < -0.4 is 26.6 Å². The number of pyridine rings is 1. The van der Waals surface area contributed by atoms with Crippen LogP contribution in [0.25, 0.3) is 0 Å². The van der Waals surface area contributed by atoms with Crippen LogP contribution in [-0.2, 0) is 0 Å². The van der Waals surface area contributed by atoms with Crippen molar-refractivity contribution in [3.05, 3.63) is 53.2 Å². The summed E-state index contributed by atoms with van der Waals surface area (Å²) in [4.78, 5) is 43.7. The van der Waals surface area contributed by atoms with Crippen LogP contribution in [0.4, 0.5) is 11.5 Å². The van der Waals surface area contributed by atoms with E-state index < -0.39 is 5.91 Å². The number of carbonyl (C=O) groups is 3. The molecule has 3 fully saturated rings. The van der Waals surface area contributed by atoms with Gasteiger partial charge in [0.2, 0.25) is 0 Å². The highest BCUT2D eigenvalue weighted by Crippen LogP contribution is 2.38. The van der Waals surface area contributed by atoms with Crippen molar-refractivity contribution < 1.29 is 14.4 Å². The molecule has 2 aromatic rings. The van der Waals surface area contributed by atoms with Crippen LogP contribution in [0.5, 0.6) is 0 Å². The highest BCUT2D eigenvalue weighted by Gasteiger charge is 2.41. The SMILES string of the molecule is CC(=O)c1ccc(N2C3CCC2CC(NC(=O)c2ccc(C(N)=O)c(NC4CCNCC4)c2)C3)nc1. The Morgan fingerprint density at radius 2 is 1.67 bits per heavy atom. The number of primary amides is 1. The fourth-order valence-corrected chi connectivity index (χ4v) is 5.89. The van der Waals surface area contributed by atoms with E-state index in [4.69, 9.17) is 5.73 Å². The predicted molar refractivity (Wildman–Crippen MR) is 138 cm³/mol. The van der Waals surface area contributed by atoms with Crippen LogP contribution >= 0.6 is 0 Å². The predicted octanol–water partition coefficient (Wildman–Crippen LogP) is 2.48. The molecule has 1 aromatic carbocycles. The molecule has 0 radical (unpaired) electrons. The molecule has 2 unspecified atom stereocenters. The average molecular weight is 491 g/mol. The van der Waals surface area contributed by atoms with Crippen molar-refractivity contribution >= 4 is 29.1 Å². The van der Waals surface area contributed by atoms with Crippen molar-refractivity contribution in [1.82, 2.24) is 15.6 Å². The number of Topliss-reactive ketones (excluding diaryl/α,β-unsaturated/α-hetero) is 1. The molecule has 0 aliphatic carbocycles. The normalized spacial score (nSPS) is 23.8. The summed E-state index contributed by atoms with van der Waals surface area (Å²) < 4.78 is 0. The summed E-state index contributed by atoms with van der Waals surface area (Å²) in [5.74, 6) is 0.262. The second-order valence-electron chi connectivity index (χ2n) is 10.2. The topological polar surface area (TPSA) is 129 Å². The molecule has 36 heavy (non-hydrogen) atoms. The van der Waals surface area contributed by atoms with Gasteiger partial charge in [-0.2, -0.15) is 0 Å². The Hall–Kier alpha value is -3.46. The maximum absolute atomic E-state index is 13.2. The molecule has 5 rings (SSSR count). The lowest BCUT2D eigenvalue weighted by Gasteiger charge is -2.40. The first-order chi connectivity index (χ1) is 17.4. The molecular weight excluding hydrogens is 456 g/mol. The average Bonchev–Trinajstić information content (AvgIpc) is 3.14. The number of nitrogens with one attached hydrogen (secondary N) is 3. The van der Waals surface area contributed by atoms with E-state index >= 15 is 0 Å². The second kappa shape index (κ2) is 10.3. The van der Waals surface area contributed by atoms with E-state index in [0.717, 1.165) is 57.4 Å². The maximum atomic E-state index is 13.2. The van der Waals surface area contributed by atoms with Gasteiger partial charge in [-0.15, -0.1) is 0 Å². The van der Waals surface area contributed by atoms with Gasteiger partial charge in [-0.25, -0.2) is 4.98 Å². The fourth-order valence-electron chi connectivity index (χ4n) is 5.89. The number of rotatable bonds is 7. The number of piperidine rings is 2. The Kier molecular flexibility index (Phi) is 6.91. The number of benzene rings is 1. The summed E-state index contributed by atoms with van der Waals surface area (Å²) in [7, 11) is 0. The standard InChI is InChI=1S/C27H34N6O3/c1-16(34)18-3-7-25(30-15-18)33-21-4-5-22(33)14-20(13-21)32-27(36)17-2-6-23(26(28)35)24(12-17)31-19-8-10-29-11-9-19/h2-3,6-7,12,15,19-22,29,31H,4-5,8-11,13-14H2,1H3,(H2,28,35)(H,32,36). The summed E-state index contributed by atoms with van der Waals surface area (Å²) >= 11 is 0. The summed E-state index contributed by atoms with van der Waals surface area (Å²) in [5.41, 5.74) is 7.76. The van der Waals surface area contributed by atoms with Crippen molar-refractivity contribution in [2.75, 3.05) is 23.3 Å². The number of nitrogens with two attached hydrogens (primary N) is 1. The first-order valence-corrected chi connectivity index (χ1v) is 12.9. The Labute approximate surface area is 211 Å². The van der Waals surface area contributed by atoms with Gasteiger partial charge in [0, 0.05) is 47.2 Å². The summed E-state index contributed by atoms with van der Waals surface area (Å²) in [6, 6.07) is 9.75. The number of nitrogens with zero attached hydrogens (tertiary/aromatic N) is 2. The van der Waals surface area contributed by atoms with Crippen LogP contribution in [0.15, 0.2) is 36.5 Å². The van der Waals surface area contributed by atoms with Gasteiger partial charge in [0.15, 0.2) is 5.78 Å². The minimum Gasteiger partial charge on any atom is -0.382 e. The zero-order chi connectivity index (χ0) is 25.2. The number of ketones is 1. The minimum atomic E-state index is -0.507. The molecule has 0 spiro atoms. The molecule has 3 aliphatic heterocycles. The number of carbonyl (C=O) groups excluding carboxylic acids is 3. The maximum Gasteiger partial charge on any atom is 0.251 e. The Bertz CT molecular complexity index is 1130. The van der Waals surface area contributed by atoms with Crippen molar-refractivity contribution in [2.24, 2.45) is 5.73 Å². The van der Waals surface area contributed by atoms with Gasteiger partial charge in [-0.3, -0.25) is 14.4 Å². The number of anilines is 2. The highest BCUT2D eigenvalue weighted by molar-refractivity contribution is 6.02. The van der Waals surface area contributed by atoms with E-state index in [0.29, 0.717) is 34.5 Å². The van der Waals surface area contributed by atoms with Gasteiger partial charge < -0.3 is 26.6 Å². The highest BCUT2D eigenvalue weighted by atomic mass is 16.2. The van der Waals surface area contributed by atoms with Crippen molar-refractivity contribution in [3.63, 3.8) is 0 Å². The van der Waals surface area contributed by atoms with E-state index in [1.165, 1.54) is 0 Å². The molecule has 4 heterocycles. The first-order valence-electron chi connectivity index (χ1n) is 12.9. The monoisotopic (exact) mass is 490 g/mol. The lowest BCUT2D eigenvalue weighted by atomic mass is 9.96. The van der Waals surface area contributed by atoms with Crippen molar-refractivity contribution in [2.45, 2.75) is 69.6 Å². The number of aromatic nitrogens is 1. The third-order valence-electron chi connectivity index (χ3n) is 7.73. The molecule has 2 atom stereocenters. The summed E-state index contributed by atoms with van der Waals surface area (Å²) in [5, 5.41) is 9.99. The molecule has 9 nitrogen and oxygen atoms in total. The lowest BCUT2D eigenvalue weighted by molar-refractivity contribution is 0.0924. The molecule has 1 aromatic heterocycles. The molecule has 3 saturated heterocycles. The molecule has 2 amide bonds. The van der Waals surface area contributed by atoms with Gasteiger partial charge in [-0.05, 0) is 88.9 Å². The molecule has 2 bridgehead atoms. The Morgan fingerprint density at radius 1 is 0.972 bits per heavy atom. The van der Waals surface area contributed by atoms with Gasteiger partial charge in [0.1, 0.15) is 5.82 Å². The van der Waals surface area contributed by atoms with Crippen LogP contribution in [0.3, 0.4) is 0 Å². The fraction of sp³-hybridized carbons (Fsp3) is 0.481. The minimum absolute atomic E-state index is 0.0106. The zero-order valence-electron chi connectivity index (χ0n) is 20.6. The van der Waals surface area contributed by atoms with E-state index in [9.17, 15) is 14.4 Å². The number of amides is 2. The first kappa shape index (κ1) is 24.2. The van der Waals surface area contributed by atoms with E-state index in [1.807, 2.05) is 12.1 Å². The van der Waals surface area contributed by atoms with Gasteiger partial charge >= 0.3 is 0 Å². The lowest BCUT2D eigenvalue weighted by Crippen LogP contribution is -2.50. The molecule has 0 saturated carbocycles. The second-order valence-corrected chi connectivity index (χ2v) is 10.2. The van der Waals surface area contributed by atoms with Crippen LogP contribution in [0.2, 0.25) is 0 Å². The molecular formula is C27H34N6O3. The van der Waals surface area contributed by atoms with Gasteiger partial charge in [0.25, 0.3) is 11.8 Å². The number of hydrogen-bond acceptors (Lipinski definition) is 7. The molecule has 190 valence electrons. The third-order valence-corrected chi connectivity index (χ3v) is 7.73. The zero-order valence-corrected chi connectivity index (χ0v) is 20.6. The number of hydrogen-bond donors (Lipinski definition) is 4. The summed E-state index contributed by atoms with van der Waals surface area (Å²) in [6.45, 7) is 3.38. The van der Waals surface area contributed by atoms with Crippen LogP contribution in [0, 0.1) is 0 Å². The quantitative estimate of drug-likeness (QED) is 0.439. The third kappa shape index (κ3) is 5.06. The van der Waals surface area contributed by atoms with Gasteiger partial charge in [0.05, 0.1) is 5.56 Å². The Morgan fingerprint density at radius 3 is 2.28 bits per heavy atom. The largest absolute Gasteiger partial charge is 0.382 e. The van der Waals surface area contributed by atoms with Gasteiger partial charge in [-0.1, -0.05) is 0 Å². The Balaban J connectivity index is 1.26.